The van der Waals surface area contributed by atoms with Gasteiger partial charge in [0.25, 0.3) is 0 Å². The fraction of sp³-hybridized carbons (Fsp3) is 0.544. The smallest absolute Gasteiger partial charge is 0.308 e. The normalized spacial score (nSPS) is 24.8. The first-order valence-corrected chi connectivity index (χ1v) is 31.9. The molecule has 8 aliphatic heterocycles. The predicted octanol–water partition coefficient (Wildman–Crippen LogP) is 5.55. The van der Waals surface area contributed by atoms with Crippen LogP contribution in [0.4, 0.5) is 0 Å². The molecule has 4 aromatic carbocycles. The second-order valence-electron chi connectivity index (χ2n) is 25.7. The summed E-state index contributed by atoms with van der Waals surface area (Å²) in [6.07, 6.45) is 4.79. The van der Waals surface area contributed by atoms with E-state index in [0.717, 1.165) is 58.2 Å². The number of ether oxygens (including phenoxy) is 8. The number of esters is 2. The topological polar surface area (TPSA) is 322 Å². The van der Waals surface area contributed by atoms with Crippen molar-refractivity contribution in [1.29, 1.82) is 10.5 Å². The molecule has 0 saturated carbocycles. The zero-order valence-corrected chi connectivity index (χ0v) is 55.0. The van der Waals surface area contributed by atoms with Crippen LogP contribution in [0.5, 0.6) is 57.5 Å². The number of fused-ring (bicyclic) bond motifs is 18. The van der Waals surface area contributed by atoms with Gasteiger partial charge in [-0.15, -0.1) is 0 Å². The first-order valence-electron chi connectivity index (χ1n) is 31.9. The third kappa shape index (κ3) is 11.2. The summed E-state index contributed by atoms with van der Waals surface area (Å²) in [4.78, 5) is 72.3. The molecule has 12 rings (SSSR count). The van der Waals surface area contributed by atoms with Crippen molar-refractivity contribution in [3.63, 3.8) is 0 Å². The molecule has 3 amide bonds. The molecule has 25 heteroatoms. The Morgan fingerprint density at radius 3 is 1.44 bits per heavy atom. The minimum absolute atomic E-state index is 0.00939. The van der Waals surface area contributed by atoms with Crippen LogP contribution in [0.3, 0.4) is 0 Å². The van der Waals surface area contributed by atoms with Gasteiger partial charge in [-0.25, -0.2) is 0 Å². The van der Waals surface area contributed by atoms with Crippen LogP contribution in [-0.4, -0.2) is 163 Å². The van der Waals surface area contributed by atoms with E-state index in [0.29, 0.717) is 106 Å². The number of aromatic hydroxyl groups is 2. The van der Waals surface area contributed by atoms with Gasteiger partial charge in [0.05, 0.1) is 56.6 Å². The van der Waals surface area contributed by atoms with Gasteiger partial charge in [0, 0.05) is 102 Å². The third-order valence-electron chi connectivity index (χ3n) is 20.2. The number of aryl methyl sites for hydroxylation is 2. The second kappa shape index (κ2) is 26.1. The molecule has 496 valence electrons. The van der Waals surface area contributed by atoms with E-state index in [1.807, 2.05) is 53.9 Å². The van der Waals surface area contributed by atoms with Crippen LogP contribution in [0.2, 0.25) is 0 Å². The number of phenolic OH excluding ortho intramolecular Hbond substituents is 2. The van der Waals surface area contributed by atoms with Crippen LogP contribution in [-0.2, 0) is 49.7 Å². The van der Waals surface area contributed by atoms with Gasteiger partial charge in [-0.3, -0.25) is 43.6 Å². The number of hydrogen-bond donors (Lipinski definition) is 6. The van der Waals surface area contributed by atoms with Gasteiger partial charge in [-0.1, -0.05) is 31.9 Å². The van der Waals surface area contributed by atoms with Gasteiger partial charge in [-0.2, -0.15) is 10.5 Å². The van der Waals surface area contributed by atoms with Gasteiger partial charge >= 0.3 is 11.9 Å². The van der Waals surface area contributed by atoms with Crippen molar-refractivity contribution in [3.05, 3.63) is 78.9 Å². The molecule has 4 bridgehead atoms. The van der Waals surface area contributed by atoms with Crippen molar-refractivity contribution in [3.8, 4) is 69.6 Å². The molecule has 93 heavy (non-hydrogen) atoms. The lowest BCUT2D eigenvalue weighted by atomic mass is 9.71. The minimum atomic E-state index is -0.791. The number of nitrogens with two attached hydrogens (primary N) is 1. The number of rotatable bonds is 15. The Labute approximate surface area is 541 Å². The Kier molecular flexibility index (Phi) is 18.5. The van der Waals surface area contributed by atoms with E-state index in [1.54, 1.807) is 13.8 Å². The zero-order chi connectivity index (χ0) is 66.9. The Morgan fingerprint density at radius 1 is 0.634 bits per heavy atom. The van der Waals surface area contributed by atoms with E-state index in [1.165, 1.54) is 28.1 Å². The van der Waals surface area contributed by atoms with Crippen LogP contribution in [0.1, 0.15) is 151 Å². The number of carbonyl (C=O) groups excluding carboxylic acids is 5. The molecule has 7 N–H and O–H groups in total. The van der Waals surface area contributed by atoms with Crippen molar-refractivity contribution in [1.82, 2.24) is 35.6 Å². The number of carbonyl (C=O) groups is 5. The lowest BCUT2D eigenvalue weighted by molar-refractivity contribution is -0.133. The highest BCUT2D eigenvalue weighted by Crippen LogP contribution is 2.61. The molecule has 2 unspecified atom stereocenters. The maximum absolute atomic E-state index is 13.5. The summed E-state index contributed by atoms with van der Waals surface area (Å²) in [7, 11) is 7.02. The van der Waals surface area contributed by atoms with Crippen molar-refractivity contribution in [2.75, 3.05) is 55.0 Å². The molecular weight excluding hydrogens is 1200 g/mol. The molecule has 2 fully saturated rings. The molecule has 0 spiro atoms. The highest BCUT2D eigenvalue weighted by Gasteiger charge is 2.59. The highest BCUT2D eigenvalue weighted by molar-refractivity contribution is 5.87. The van der Waals surface area contributed by atoms with E-state index in [9.17, 15) is 44.7 Å². The summed E-state index contributed by atoms with van der Waals surface area (Å²) in [5.74, 6) is 1.76. The van der Waals surface area contributed by atoms with Crippen LogP contribution < -0.4 is 59.6 Å². The van der Waals surface area contributed by atoms with Crippen LogP contribution >= 0.6 is 0 Å². The molecule has 0 radical (unpaired) electrons. The summed E-state index contributed by atoms with van der Waals surface area (Å²) in [6, 6.07) is 3.38. The summed E-state index contributed by atoms with van der Waals surface area (Å²) in [5, 5.41) is 53.7. The lowest BCUT2D eigenvalue weighted by Crippen LogP contribution is -2.69. The molecule has 12 atom stereocenters. The summed E-state index contributed by atoms with van der Waals surface area (Å²) in [5.41, 5.74) is 15.0. The quantitative estimate of drug-likeness (QED) is 0.0483. The SMILES string of the molecule is CCCCCC(=O)N[C@@H](C)C(=O)NC[C@H]1c2c(c(OC(C)=O)c(C)c3c2OCO3)CC2[C@H]3c4c(cc(C)c(OC)c4O)C[C@@H]([C@H](C#N)N21)N3C.COc1c(C)cc2c(c1O)[C@@H]1C3Cc4c(OC(C)=O)c(C)c5c(c4[C@H](CNC(=O)[C@H](C)N)N3[C@@H](C#N)[C@H](C2)N1C)OCO5. The Bertz CT molecular complexity index is 3810. The number of likely N-dealkylation sites (N-methyl/N-ethyl adjacent to an activating group) is 2. The maximum Gasteiger partial charge on any atom is 0.308 e. The highest BCUT2D eigenvalue weighted by atomic mass is 16.7. The van der Waals surface area contributed by atoms with E-state index < -0.39 is 54.2 Å². The zero-order valence-electron chi connectivity index (χ0n) is 55.0. The summed E-state index contributed by atoms with van der Waals surface area (Å²) < 4.78 is 46.9. The van der Waals surface area contributed by atoms with Crippen molar-refractivity contribution >= 4 is 29.7 Å². The number of nitriles is 2. The number of methoxy groups -OCH3 is 2. The Morgan fingerprint density at radius 2 is 1.05 bits per heavy atom. The number of phenols is 2. The predicted molar refractivity (Wildman–Crippen MR) is 336 cm³/mol. The van der Waals surface area contributed by atoms with E-state index in [4.69, 9.17) is 43.6 Å². The molecule has 8 heterocycles. The largest absolute Gasteiger partial charge is 0.504 e. The van der Waals surface area contributed by atoms with E-state index in [2.05, 4.69) is 54.6 Å². The number of nitrogens with zero attached hydrogens (tertiary/aromatic N) is 6. The number of amides is 3. The number of benzene rings is 4. The second-order valence-corrected chi connectivity index (χ2v) is 25.7. The van der Waals surface area contributed by atoms with Crippen molar-refractivity contribution in [2.45, 2.75) is 186 Å². The first kappa shape index (κ1) is 65.9. The van der Waals surface area contributed by atoms with Gasteiger partial charge in [0.1, 0.15) is 29.6 Å². The van der Waals surface area contributed by atoms with Gasteiger partial charge < -0.3 is 69.8 Å². The molecule has 0 aromatic heterocycles. The molecular formula is C68H84N10O15. The molecule has 4 aromatic rings. The third-order valence-corrected chi connectivity index (χ3v) is 20.2. The maximum atomic E-state index is 13.5. The Hall–Kier alpha value is -8.59. The fourth-order valence-electron chi connectivity index (χ4n) is 16.2. The van der Waals surface area contributed by atoms with Crippen LogP contribution in [0.25, 0.3) is 0 Å². The van der Waals surface area contributed by atoms with Crippen molar-refractivity contribution in [2.24, 2.45) is 5.73 Å². The standard InChI is InChI=1S/C37H47N5O8.C31H37N5O7/c1-8-9-10-11-28(44)40-20(4)37(46)39-16-27-30-23(34(50-21(5)43)19(3)35-36(30)49-17-48-35)14-25-31-29-22(12-18(2)33(47-7)32(29)45)13-24(41(31)6)26(15-38)42(25)27;1-13-7-17-8-19-21(10-32)36-20(25(35(19)5)23(17)26(38)27(13)40-6)9-18-24(22(36)11-34-31(39)15(3)33)30-29(41-12-42-30)14(2)28(18)43-16(4)37/h12,20,24-27,31,45H,8-11,13-14,16-17H2,1-7H3,(H,39,46)(H,40,44);7,15,19-22,25,38H,8-9,11-12,33H2,1-6H3,(H,34,39)/t20-,24-,25?,26-,27-,31-;15-,19-,20?,21-,22-,25-/m00/s1. The fourth-order valence-corrected chi connectivity index (χ4v) is 16.2. The first-order chi connectivity index (χ1) is 44.4. The minimum Gasteiger partial charge on any atom is -0.504 e. The summed E-state index contributed by atoms with van der Waals surface area (Å²) in [6.45, 7) is 15.6. The Balaban J connectivity index is 0.000000192. The molecule has 8 aliphatic rings. The van der Waals surface area contributed by atoms with Gasteiger partial charge in [0.15, 0.2) is 46.0 Å². The van der Waals surface area contributed by atoms with Crippen LogP contribution in [0, 0.1) is 50.4 Å². The number of hydrogen-bond acceptors (Lipinski definition) is 22. The number of piperazine rings is 2. The average molecular weight is 1280 g/mol. The van der Waals surface area contributed by atoms with E-state index >= 15 is 0 Å². The number of nitrogens with one attached hydrogen (secondary N) is 3. The van der Waals surface area contributed by atoms with Gasteiger partial charge in [-0.05, 0) is 110 Å². The average Bonchev–Trinajstić information content (AvgIpc) is 1.30. The van der Waals surface area contributed by atoms with Crippen LogP contribution in [0.15, 0.2) is 12.1 Å². The van der Waals surface area contributed by atoms with Crippen molar-refractivity contribution < 1.29 is 72.1 Å². The monoisotopic (exact) mass is 1280 g/mol. The van der Waals surface area contributed by atoms with Gasteiger partial charge in [0.2, 0.25) is 31.3 Å². The molecule has 0 aliphatic carbocycles. The number of unbranched alkanes of at least 4 members (excludes halogenated alkanes) is 2. The van der Waals surface area contributed by atoms with E-state index in [-0.39, 0.29) is 86.1 Å². The lowest BCUT2D eigenvalue weighted by Gasteiger charge is -2.60. The summed E-state index contributed by atoms with van der Waals surface area (Å²) >= 11 is 0. The molecule has 2 saturated heterocycles. The molecule has 25 nitrogen and oxygen atoms in total.